The fraction of sp³-hybridized carbons (Fsp3) is 0.278. The molecule has 26 heavy (non-hydrogen) atoms. The Morgan fingerprint density at radius 1 is 1.27 bits per heavy atom. The number of amides is 3. The molecule has 0 spiro atoms. The van der Waals surface area contributed by atoms with Gasteiger partial charge in [0.25, 0.3) is 5.91 Å². The third-order valence-electron chi connectivity index (χ3n) is 3.81. The Hall–Kier alpha value is -2.56. The van der Waals surface area contributed by atoms with Crippen molar-refractivity contribution in [3.63, 3.8) is 0 Å². The number of rotatable bonds is 5. The first-order valence-corrected chi connectivity index (χ1v) is 9.27. The lowest BCUT2D eigenvalue weighted by Gasteiger charge is -2.17. The molecule has 3 amide bonds. The molecule has 2 rings (SSSR count). The predicted octanol–water partition coefficient (Wildman–Crippen LogP) is 4.71. The van der Waals surface area contributed by atoms with Crippen molar-refractivity contribution in [2.45, 2.75) is 20.8 Å². The summed E-state index contributed by atoms with van der Waals surface area (Å²) in [6.07, 6.45) is 0. The Morgan fingerprint density at radius 2 is 1.96 bits per heavy atom. The van der Waals surface area contributed by atoms with E-state index in [0.29, 0.717) is 44.8 Å². The van der Waals surface area contributed by atoms with Gasteiger partial charge in [0.05, 0.1) is 10.4 Å². The van der Waals surface area contributed by atoms with Gasteiger partial charge >= 0.3 is 6.03 Å². The number of halogens is 1. The quantitative estimate of drug-likeness (QED) is 0.775. The Kier molecular flexibility index (Phi) is 6.61. The van der Waals surface area contributed by atoms with E-state index in [2.05, 4.69) is 16.7 Å². The molecule has 0 saturated heterocycles. The van der Waals surface area contributed by atoms with Crippen molar-refractivity contribution in [3.8, 4) is 6.07 Å². The third-order valence-corrected chi connectivity index (χ3v) is 5.24. The van der Waals surface area contributed by atoms with Crippen molar-refractivity contribution < 1.29 is 9.59 Å². The van der Waals surface area contributed by atoms with E-state index in [1.165, 1.54) is 0 Å². The van der Waals surface area contributed by atoms with Crippen LogP contribution in [0, 0.1) is 18.3 Å². The first-order chi connectivity index (χ1) is 12.4. The zero-order valence-electron chi connectivity index (χ0n) is 14.7. The number of urea groups is 1. The summed E-state index contributed by atoms with van der Waals surface area (Å²) in [4.78, 5) is 27.0. The Bertz CT molecular complexity index is 869. The second-order valence-corrected chi connectivity index (χ2v) is 6.90. The van der Waals surface area contributed by atoms with E-state index in [1.807, 2.05) is 13.8 Å². The number of benzene rings is 1. The first-order valence-electron chi connectivity index (χ1n) is 8.07. The van der Waals surface area contributed by atoms with E-state index in [9.17, 15) is 14.9 Å². The summed E-state index contributed by atoms with van der Waals surface area (Å²) >= 11 is 7.01. The van der Waals surface area contributed by atoms with Gasteiger partial charge in [-0.05, 0) is 44.5 Å². The second-order valence-electron chi connectivity index (χ2n) is 5.44. The lowest BCUT2D eigenvalue weighted by molar-refractivity contribution is 0.0777. The van der Waals surface area contributed by atoms with Crippen LogP contribution in [0.2, 0.25) is 5.02 Å². The number of hydrogen-bond acceptors (Lipinski definition) is 4. The zero-order chi connectivity index (χ0) is 19.3. The minimum atomic E-state index is -0.508. The highest BCUT2D eigenvalue weighted by Gasteiger charge is 2.23. The first kappa shape index (κ1) is 19.8. The van der Waals surface area contributed by atoms with Crippen LogP contribution in [0.4, 0.5) is 15.5 Å². The van der Waals surface area contributed by atoms with Crippen LogP contribution in [0.25, 0.3) is 0 Å². The van der Waals surface area contributed by atoms with E-state index < -0.39 is 6.03 Å². The minimum absolute atomic E-state index is 0.141. The summed E-state index contributed by atoms with van der Waals surface area (Å²) in [5.41, 5.74) is 1.40. The molecular formula is C18H19ClN4O2S. The molecule has 0 saturated carbocycles. The number of anilines is 2. The van der Waals surface area contributed by atoms with Gasteiger partial charge in [-0.15, -0.1) is 11.3 Å². The van der Waals surface area contributed by atoms with Crippen LogP contribution in [0.5, 0.6) is 0 Å². The van der Waals surface area contributed by atoms with Crippen LogP contribution < -0.4 is 10.6 Å². The molecule has 0 unspecified atom stereocenters. The van der Waals surface area contributed by atoms with Gasteiger partial charge in [-0.1, -0.05) is 17.7 Å². The maximum absolute atomic E-state index is 12.6. The molecule has 136 valence electrons. The molecule has 8 heteroatoms. The monoisotopic (exact) mass is 390 g/mol. The van der Waals surface area contributed by atoms with Crippen LogP contribution in [0.15, 0.2) is 24.3 Å². The van der Waals surface area contributed by atoms with Gasteiger partial charge in [0, 0.05) is 23.8 Å². The lowest BCUT2D eigenvalue weighted by atomic mass is 10.1. The average Bonchev–Trinajstić information content (AvgIpc) is 2.91. The fourth-order valence-corrected chi connectivity index (χ4v) is 3.74. The zero-order valence-corrected chi connectivity index (χ0v) is 16.3. The average molecular weight is 391 g/mol. The van der Waals surface area contributed by atoms with Crippen molar-refractivity contribution in [2.75, 3.05) is 23.7 Å². The molecule has 2 N–H and O–H groups in total. The number of nitrogens with one attached hydrogen (secondary N) is 2. The summed E-state index contributed by atoms with van der Waals surface area (Å²) in [5, 5.41) is 15.6. The SMILES string of the molecule is CCN(CC)C(=O)c1sc(NC(=O)Nc2cccc(Cl)c2)c(C#N)c1C. The second kappa shape index (κ2) is 8.70. The summed E-state index contributed by atoms with van der Waals surface area (Å²) < 4.78 is 0. The predicted molar refractivity (Wildman–Crippen MR) is 105 cm³/mol. The van der Waals surface area contributed by atoms with E-state index in [1.54, 1.807) is 36.1 Å². The minimum Gasteiger partial charge on any atom is -0.338 e. The molecule has 0 aliphatic rings. The van der Waals surface area contributed by atoms with Crippen LogP contribution in [-0.4, -0.2) is 29.9 Å². The van der Waals surface area contributed by atoms with E-state index in [0.717, 1.165) is 11.3 Å². The number of nitriles is 1. The molecular weight excluding hydrogens is 372 g/mol. The molecule has 2 aromatic rings. The highest BCUT2D eigenvalue weighted by Crippen LogP contribution is 2.33. The van der Waals surface area contributed by atoms with Gasteiger partial charge in [-0.2, -0.15) is 5.26 Å². The topological polar surface area (TPSA) is 85.2 Å². The molecule has 0 fully saturated rings. The largest absolute Gasteiger partial charge is 0.338 e. The Balaban J connectivity index is 2.24. The number of hydrogen-bond donors (Lipinski definition) is 2. The maximum atomic E-state index is 12.6. The van der Waals surface area contributed by atoms with Crippen LogP contribution in [-0.2, 0) is 0 Å². The summed E-state index contributed by atoms with van der Waals surface area (Å²) in [5.74, 6) is -0.141. The number of carbonyl (C=O) groups excluding carboxylic acids is 2. The van der Waals surface area contributed by atoms with Crippen molar-refractivity contribution >= 4 is 45.6 Å². The van der Waals surface area contributed by atoms with Gasteiger partial charge in [0.15, 0.2) is 0 Å². The Morgan fingerprint density at radius 3 is 2.54 bits per heavy atom. The van der Waals surface area contributed by atoms with E-state index in [-0.39, 0.29) is 5.91 Å². The van der Waals surface area contributed by atoms with E-state index >= 15 is 0 Å². The van der Waals surface area contributed by atoms with Crippen molar-refractivity contribution in [2.24, 2.45) is 0 Å². The van der Waals surface area contributed by atoms with Gasteiger partial charge in [-0.3, -0.25) is 10.1 Å². The lowest BCUT2D eigenvalue weighted by Crippen LogP contribution is -2.30. The van der Waals surface area contributed by atoms with Crippen LogP contribution in [0.3, 0.4) is 0 Å². The molecule has 0 aliphatic carbocycles. The maximum Gasteiger partial charge on any atom is 0.324 e. The smallest absolute Gasteiger partial charge is 0.324 e. The molecule has 1 heterocycles. The van der Waals surface area contributed by atoms with Gasteiger partial charge < -0.3 is 10.2 Å². The Labute approximate surface area is 161 Å². The molecule has 6 nitrogen and oxygen atoms in total. The van der Waals surface area contributed by atoms with Crippen molar-refractivity contribution in [1.29, 1.82) is 5.26 Å². The molecule has 1 aromatic carbocycles. The molecule has 0 bridgehead atoms. The van der Waals surface area contributed by atoms with Gasteiger partial charge in [0.1, 0.15) is 11.1 Å². The summed E-state index contributed by atoms with van der Waals surface area (Å²) in [7, 11) is 0. The number of carbonyl (C=O) groups is 2. The third kappa shape index (κ3) is 4.34. The molecule has 0 aliphatic heterocycles. The summed E-state index contributed by atoms with van der Waals surface area (Å²) in [6, 6.07) is 8.29. The summed E-state index contributed by atoms with van der Waals surface area (Å²) in [6.45, 7) is 6.66. The van der Waals surface area contributed by atoms with Crippen molar-refractivity contribution in [3.05, 3.63) is 45.3 Å². The molecule has 0 atom stereocenters. The van der Waals surface area contributed by atoms with E-state index in [4.69, 9.17) is 11.6 Å². The molecule has 1 aromatic heterocycles. The highest BCUT2D eigenvalue weighted by molar-refractivity contribution is 7.18. The van der Waals surface area contributed by atoms with Crippen molar-refractivity contribution in [1.82, 2.24) is 4.90 Å². The highest BCUT2D eigenvalue weighted by atomic mass is 35.5. The van der Waals surface area contributed by atoms with Gasteiger partial charge in [-0.25, -0.2) is 4.79 Å². The van der Waals surface area contributed by atoms with Gasteiger partial charge in [0.2, 0.25) is 0 Å². The standard InChI is InChI=1S/C18H19ClN4O2S/c1-4-23(5-2)17(24)15-11(3)14(10-20)16(26-15)22-18(25)21-13-8-6-7-12(19)9-13/h6-9H,4-5H2,1-3H3,(H2,21,22,25). The normalized spacial score (nSPS) is 10.1. The fourth-order valence-electron chi connectivity index (χ4n) is 2.43. The number of nitrogens with zero attached hydrogens (tertiary/aromatic N) is 2. The molecule has 0 radical (unpaired) electrons. The van der Waals surface area contributed by atoms with Crippen LogP contribution in [0.1, 0.15) is 34.6 Å². The van der Waals surface area contributed by atoms with Crippen LogP contribution >= 0.6 is 22.9 Å². The number of thiophene rings is 1.